The number of aliphatic hydroxyl groups is 1. The Morgan fingerprint density at radius 3 is 1.53 bits per heavy atom. The molecule has 7 aromatic carbocycles. The summed E-state index contributed by atoms with van der Waals surface area (Å²) in [4.78, 5) is 0. The van der Waals surface area contributed by atoms with Crippen molar-refractivity contribution in [3.05, 3.63) is 261 Å². The molecule has 5 aliphatic carbocycles. The number of rotatable bonds is 4. The monoisotopic (exact) mass is 864 g/mol. The molecule has 0 fully saturated rings. The lowest BCUT2D eigenvalue weighted by molar-refractivity contribution is 0.427. The summed E-state index contributed by atoms with van der Waals surface area (Å²) in [5.41, 5.74) is 16.3. The number of allylic oxidation sites excluding steroid dienone is 13. The smallest absolute Gasteiger partial charge is 0.116 e. The van der Waals surface area contributed by atoms with E-state index in [1.165, 1.54) is 72.4 Å². The number of fused-ring (bicyclic) bond motifs is 5. The quantitative estimate of drug-likeness (QED) is 0.165. The van der Waals surface area contributed by atoms with Crippen molar-refractivity contribution < 1.29 is 15.3 Å². The molecule has 0 radical (unpaired) electrons. The largest absolute Gasteiger partial charge is 0.508 e. The normalized spacial score (nSPS) is 16.1. The van der Waals surface area contributed by atoms with Gasteiger partial charge in [-0.15, -0.1) is 0 Å². The summed E-state index contributed by atoms with van der Waals surface area (Å²) in [5, 5.41) is 33.9. The van der Waals surface area contributed by atoms with Crippen molar-refractivity contribution in [1.29, 1.82) is 0 Å². The highest BCUT2D eigenvalue weighted by atomic mass is 16.3. The molecule has 0 aromatic heterocycles. The van der Waals surface area contributed by atoms with Crippen LogP contribution >= 0.6 is 0 Å². The molecule has 5 aliphatic rings. The SMILES string of the molecule is CC.CC.CCc1ccc(CC)cc1.OC1=CC2=CC=C3CC=CC4=C3C2C(=C1)C=C4.Oc1ccc2cc(C3(c4ccc5cc(O)ccc5c4)c4ccccc4-c4ccccc43)ccc2c1. The fraction of sp³-hybridized carbons (Fsp3) is 0.175. The minimum Gasteiger partial charge on any atom is -0.508 e. The van der Waals surface area contributed by atoms with E-state index in [1.54, 1.807) is 12.1 Å². The van der Waals surface area contributed by atoms with Gasteiger partial charge in [-0.05, 0) is 162 Å². The number of benzene rings is 7. The Morgan fingerprint density at radius 1 is 0.500 bits per heavy atom. The van der Waals surface area contributed by atoms with Gasteiger partial charge >= 0.3 is 0 Å². The highest BCUT2D eigenvalue weighted by Gasteiger charge is 2.46. The number of hydrogen-bond acceptors (Lipinski definition) is 3. The van der Waals surface area contributed by atoms with Crippen molar-refractivity contribution in [3.8, 4) is 22.6 Å². The molecular weight excluding hydrogens is 805 g/mol. The van der Waals surface area contributed by atoms with Crippen LogP contribution in [-0.2, 0) is 18.3 Å². The Balaban J connectivity index is 0.000000157. The molecule has 0 bridgehead atoms. The molecule has 330 valence electrons. The Morgan fingerprint density at radius 2 is 1.00 bits per heavy atom. The van der Waals surface area contributed by atoms with E-state index >= 15 is 0 Å². The van der Waals surface area contributed by atoms with Crippen molar-refractivity contribution >= 4 is 21.5 Å². The first kappa shape index (κ1) is 45.2. The van der Waals surface area contributed by atoms with Crippen LogP contribution in [0.2, 0.25) is 0 Å². The molecule has 0 aliphatic heterocycles. The molecular formula is C63H60O3. The third kappa shape index (κ3) is 8.38. The standard InChI is InChI=1S/C33H22O2.C16H12O.C10H14.2C2H6/c34-27-15-11-21-17-25(13-9-23(21)19-27)33(26-14-10-24-20-28(35)16-12-22(24)18-26)31-7-3-1-5-29(31)30-6-2-4-8-32(30)33;17-14-8-12-6-4-10-2-1-3-11-5-7-13(9-14)16(12)15(10)11;1-3-9-5-7-10(4-2)8-6-9;2*1-2/h1-20,34-35H;1-2,4-9,16-17H,3H2;5-8H,3-4H2,1-2H3;2*1-2H3. The van der Waals surface area contributed by atoms with Crippen LogP contribution in [0.1, 0.15) is 81.3 Å². The van der Waals surface area contributed by atoms with Gasteiger partial charge in [0.2, 0.25) is 0 Å². The van der Waals surface area contributed by atoms with Crippen LogP contribution in [0.4, 0.5) is 0 Å². The van der Waals surface area contributed by atoms with E-state index in [-0.39, 0.29) is 11.5 Å². The van der Waals surface area contributed by atoms with E-state index in [0.29, 0.717) is 11.7 Å². The predicted octanol–water partition coefficient (Wildman–Crippen LogP) is 16.3. The van der Waals surface area contributed by atoms with Crippen LogP contribution in [0, 0.1) is 5.92 Å². The number of aromatic hydroxyl groups is 2. The lowest BCUT2D eigenvalue weighted by atomic mass is 9.67. The van der Waals surface area contributed by atoms with Crippen molar-refractivity contribution in [1.82, 2.24) is 0 Å². The van der Waals surface area contributed by atoms with E-state index in [0.717, 1.165) is 40.8 Å². The minimum absolute atomic E-state index is 0.273. The second kappa shape index (κ2) is 19.8. The van der Waals surface area contributed by atoms with Gasteiger partial charge in [-0.3, -0.25) is 0 Å². The molecule has 0 heterocycles. The van der Waals surface area contributed by atoms with E-state index in [4.69, 9.17) is 0 Å². The van der Waals surface area contributed by atoms with Crippen LogP contribution in [0.5, 0.6) is 11.5 Å². The summed E-state index contributed by atoms with van der Waals surface area (Å²) in [5.74, 6) is 1.25. The first-order valence-electron chi connectivity index (χ1n) is 23.7. The lowest BCUT2D eigenvalue weighted by Gasteiger charge is -2.35. The summed E-state index contributed by atoms with van der Waals surface area (Å²) >= 11 is 0. The topological polar surface area (TPSA) is 60.7 Å². The molecule has 0 amide bonds. The molecule has 7 aromatic rings. The second-order valence-electron chi connectivity index (χ2n) is 16.7. The zero-order valence-electron chi connectivity index (χ0n) is 39.0. The van der Waals surface area contributed by atoms with E-state index in [2.05, 4.69) is 159 Å². The highest BCUT2D eigenvalue weighted by Crippen LogP contribution is 2.56. The predicted molar refractivity (Wildman–Crippen MR) is 278 cm³/mol. The number of phenolic OH excluding ortho intramolecular Hbond substituents is 2. The summed E-state index contributed by atoms with van der Waals surface area (Å²) in [6.45, 7) is 12.4. The molecule has 3 heteroatoms. The van der Waals surface area contributed by atoms with E-state index in [1.807, 2.05) is 64.1 Å². The fourth-order valence-electron chi connectivity index (χ4n) is 10.1. The van der Waals surface area contributed by atoms with Gasteiger partial charge in [0.05, 0.1) is 5.41 Å². The highest BCUT2D eigenvalue weighted by molar-refractivity contribution is 5.92. The number of phenols is 2. The summed E-state index contributed by atoms with van der Waals surface area (Å²) in [7, 11) is 0. The van der Waals surface area contributed by atoms with Gasteiger partial charge in [0, 0.05) is 5.92 Å². The van der Waals surface area contributed by atoms with Gasteiger partial charge in [-0.25, -0.2) is 0 Å². The second-order valence-corrected chi connectivity index (χ2v) is 16.7. The molecule has 3 N–H and O–H groups in total. The Kier molecular flexibility index (Phi) is 13.6. The fourth-order valence-corrected chi connectivity index (χ4v) is 10.1. The first-order valence-corrected chi connectivity index (χ1v) is 23.7. The third-order valence-corrected chi connectivity index (χ3v) is 13.1. The number of aryl methyl sites for hydroxylation is 2. The maximum Gasteiger partial charge on any atom is 0.116 e. The van der Waals surface area contributed by atoms with Crippen molar-refractivity contribution in [2.45, 2.75) is 66.2 Å². The Hall–Kier alpha value is -7.36. The van der Waals surface area contributed by atoms with Gasteiger partial charge in [0.1, 0.15) is 17.3 Å². The maximum absolute atomic E-state index is 10.0. The van der Waals surface area contributed by atoms with Gasteiger partial charge in [-0.1, -0.05) is 187 Å². The van der Waals surface area contributed by atoms with Crippen LogP contribution in [0.25, 0.3) is 32.7 Å². The van der Waals surface area contributed by atoms with E-state index in [9.17, 15) is 15.3 Å². The molecule has 0 saturated carbocycles. The molecule has 66 heavy (non-hydrogen) atoms. The summed E-state index contributed by atoms with van der Waals surface area (Å²) < 4.78 is 0. The van der Waals surface area contributed by atoms with Gasteiger partial charge < -0.3 is 15.3 Å². The molecule has 0 spiro atoms. The minimum atomic E-state index is -0.495. The zero-order chi connectivity index (χ0) is 46.4. The Bertz CT molecular complexity index is 2990. The van der Waals surface area contributed by atoms with Crippen molar-refractivity contribution in [2.24, 2.45) is 5.92 Å². The lowest BCUT2D eigenvalue weighted by Crippen LogP contribution is -2.28. The maximum atomic E-state index is 10.0. The van der Waals surface area contributed by atoms with Crippen LogP contribution in [-0.4, -0.2) is 15.3 Å². The molecule has 12 rings (SSSR count). The van der Waals surface area contributed by atoms with Crippen LogP contribution < -0.4 is 0 Å². The van der Waals surface area contributed by atoms with Crippen molar-refractivity contribution in [2.75, 3.05) is 0 Å². The summed E-state index contributed by atoms with van der Waals surface area (Å²) in [6.07, 6.45) is 20.1. The molecule has 1 atom stereocenters. The first-order chi connectivity index (χ1) is 32.3. The average molecular weight is 865 g/mol. The average Bonchev–Trinajstić information content (AvgIpc) is 3.68. The number of hydrogen-bond donors (Lipinski definition) is 3. The summed E-state index contributed by atoms with van der Waals surface area (Å²) in [6, 6.07) is 50.4. The van der Waals surface area contributed by atoms with Crippen LogP contribution in [0.3, 0.4) is 0 Å². The molecule has 1 unspecified atom stereocenters. The van der Waals surface area contributed by atoms with Crippen LogP contribution in [0.15, 0.2) is 228 Å². The van der Waals surface area contributed by atoms with Gasteiger partial charge in [0.25, 0.3) is 0 Å². The molecule has 3 nitrogen and oxygen atoms in total. The van der Waals surface area contributed by atoms with Crippen molar-refractivity contribution in [3.63, 3.8) is 0 Å². The Labute approximate surface area is 391 Å². The molecule has 0 saturated heterocycles. The zero-order valence-corrected chi connectivity index (χ0v) is 39.0. The third-order valence-electron chi connectivity index (χ3n) is 13.1. The van der Waals surface area contributed by atoms with Gasteiger partial charge in [-0.2, -0.15) is 0 Å². The van der Waals surface area contributed by atoms with Gasteiger partial charge in [0.15, 0.2) is 0 Å². The number of aliphatic hydroxyl groups excluding tert-OH is 1. The van der Waals surface area contributed by atoms with E-state index < -0.39 is 5.41 Å².